The molecule has 0 saturated heterocycles. The second-order valence-electron chi connectivity index (χ2n) is 4.00. The standard InChI is InChI=1S/C12H12BrF2N3/c1-18(6-11(14)15)10-3-2-9(16)8-4-7(13)5-17-12(8)10/h2-5,11H,6,16H2,1H3. The number of alkyl halides is 2. The molecule has 0 aliphatic carbocycles. The summed E-state index contributed by atoms with van der Waals surface area (Å²) in [5.41, 5.74) is 7.72. The second kappa shape index (κ2) is 5.06. The highest BCUT2D eigenvalue weighted by Gasteiger charge is 2.13. The first-order valence-corrected chi connectivity index (χ1v) is 6.11. The molecule has 0 amide bonds. The molecule has 1 aromatic carbocycles. The van der Waals surface area contributed by atoms with Gasteiger partial charge in [0.1, 0.15) is 0 Å². The number of halogens is 3. The number of benzene rings is 1. The Bertz CT molecular complexity index is 574. The van der Waals surface area contributed by atoms with E-state index in [-0.39, 0.29) is 6.54 Å². The van der Waals surface area contributed by atoms with Crippen molar-refractivity contribution in [1.29, 1.82) is 0 Å². The number of fused-ring (bicyclic) bond motifs is 1. The SMILES string of the molecule is CN(CC(F)F)c1ccc(N)c2cc(Br)cnc12. The number of hydrogen-bond acceptors (Lipinski definition) is 3. The Morgan fingerprint density at radius 1 is 1.44 bits per heavy atom. The Morgan fingerprint density at radius 3 is 2.83 bits per heavy atom. The second-order valence-corrected chi connectivity index (χ2v) is 4.91. The fourth-order valence-corrected chi connectivity index (χ4v) is 2.15. The minimum absolute atomic E-state index is 0.337. The highest BCUT2D eigenvalue weighted by atomic mass is 79.9. The van der Waals surface area contributed by atoms with E-state index < -0.39 is 6.43 Å². The van der Waals surface area contributed by atoms with Crippen molar-refractivity contribution in [2.75, 3.05) is 24.2 Å². The zero-order valence-electron chi connectivity index (χ0n) is 9.70. The summed E-state index contributed by atoms with van der Waals surface area (Å²) in [6.07, 6.45) is -0.764. The molecule has 0 saturated carbocycles. The lowest BCUT2D eigenvalue weighted by molar-refractivity contribution is 0.156. The number of anilines is 2. The molecule has 0 fully saturated rings. The van der Waals surface area contributed by atoms with E-state index in [4.69, 9.17) is 5.73 Å². The van der Waals surface area contributed by atoms with Gasteiger partial charge in [-0.1, -0.05) is 0 Å². The molecule has 0 aliphatic rings. The van der Waals surface area contributed by atoms with Crippen molar-refractivity contribution in [1.82, 2.24) is 4.98 Å². The Labute approximate surface area is 112 Å². The van der Waals surface area contributed by atoms with E-state index in [0.717, 1.165) is 9.86 Å². The van der Waals surface area contributed by atoms with Gasteiger partial charge in [-0.2, -0.15) is 0 Å². The number of pyridine rings is 1. The lowest BCUT2D eigenvalue weighted by Crippen LogP contribution is -2.24. The van der Waals surface area contributed by atoms with E-state index in [2.05, 4.69) is 20.9 Å². The molecule has 96 valence electrons. The molecule has 3 nitrogen and oxygen atoms in total. The molecule has 2 aromatic rings. The van der Waals surface area contributed by atoms with Gasteiger partial charge in [0.05, 0.1) is 17.7 Å². The first kappa shape index (κ1) is 13.0. The highest BCUT2D eigenvalue weighted by Crippen LogP contribution is 2.30. The molecule has 18 heavy (non-hydrogen) atoms. The Hall–Kier alpha value is -1.43. The first-order valence-electron chi connectivity index (χ1n) is 5.32. The summed E-state index contributed by atoms with van der Waals surface area (Å²) >= 11 is 3.32. The predicted octanol–water partition coefficient (Wildman–Crippen LogP) is 3.28. The quantitative estimate of drug-likeness (QED) is 0.884. The van der Waals surface area contributed by atoms with Crippen LogP contribution in [0.25, 0.3) is 10.9 Å². The summed E-state index contributed by atoms with van der Waals surface area (Å²) in [6.45, 7) is -0.337. The molecule has 1 aromatic heterocycles. The fourth-order valence-electron chi connectivity index (χ4n) is 1.81. The van der Waals surface area contributed by atoms with Crippen molar-refractivity contribution in [3.05, 3.63) is 28.9 Å². The first-order chi connectivity index (χ1) is 8.49. The zero-order valence-corrected chi connectivity index (χ0v) is 11.3. The van der Waals surface area contributed by atoms with Crippen molar-refractivity contribution in [2.24, 2.45) is 0 Å². The lowest BCUT2D eigenvalue weighted by Gasteiger charge is -2.20. The van der Waals surface area contributed by atoms with Crippen molar-refractivity contribution in [3.63, 3.8) is 0 Å². The van der Waals surface area contributed by atoms with Crippen LogP contribution in [-0.2, 0) is 0 Å². The molecule has 0 atom stereocenters. The lowest BCUT2D eigenvalue weighted by atomic mass is 10.1. The van der Waals surface area contributed by atoms with Crippen LogP contribution in [0.2, 0.25) is 0 Å². The van der Waals surface area contributed by atoms with Gasteiger partial charge in [0, 0.05) is 28.8 Å². The van der Waals surface area contributed by atoms with Crippen LogP contribution in [0.5, 0.6) is 0 Å². The maximum absolute atomic E-state index is 12.4. The van der Waals surface area contributed by atoms with Crippen LogP contribution >= 0.6 is 15.9 Å². The molecular weight excluding hydrogens is 304 g/mol. The minimum Gasteiger partial charge on any atom is -0.398 e. The van der Waals surface area contributed by atoms with E-state index >= 15 is 0 Å². The average Bonchev–Trinajstić information content (AvgIpc) is 2.29. The van der Waals surface area contributed by atoms with E-state index in [0.29, 0.717) is 16.9 Å². The topological polar surface area (TPSA) is 42.1 Å². The Balaban J connectivity index is 2.55. The zero-order chi connectivity index (χ0) is 13.3. The van der Waals surface area contributed by atoms with Gasteiger partial charge in [-0.25, -0.2) is 8.78 Å². The summed E-state index contributed by atoms with van der Waals surface area (Å²) in [7, 11) is 1.61. The van der Waals surface area contributed by atoms with Gasteiger partial charge in [-0.3, -0.25) is 4.98 Å². The Kier molecular flexibility index (Phi) is 3.65. The number of nitrogens with zero attached hydrogens (tertiary/aromatic N) is 2. The molecule has 6 heteroatoms. The summed E-state index contributed by atoms with van der Waals surface area (Å²) in [6, 6.07) is 5.24. The van der Waals surface area contributed by atoms with E-state index in [9.17, 15) is 8.78 Å². The number of nitrogens with two attached hydrogens (primary N) is 1. The molecular formula is C12H12BrF2N3. The van der Waals surface area contributed by atoms with Crippen LogP contribution in [0.4, 0.5) is 20.2 Å². The molecule has 0 spiro atoms. The number of hydrogen-bond donors (Lipinski definition) is 1. The molecule has 0 aliphatic heterocycles. The maximum Gasteiger partial charge on any atom is 0.255 e. The van der Waals surface area contributed by atoms with Crippen LogP contribution in [0.3, 0.4) is 0 Å². The highest BCUT2D eigenvalue weighted by molar-refractivity contribution is 9.10. The van der Waals surface area contributed by atoms with Crippen molar-refractivity contribution in [3.8, 4) is 0 Å². The van der Waals surface area contributed by atoms with Crippen LogP contribution in [0.1, 0.15) is 0 Å². The van der Waals surface area contributed by atoms with E-state index in [1.165, 1.54) is 4.90 Å². The van der Waals surface area contributed by atoms with Crippen LogP contribution in [0.15, 0.2) is 28.9 Å². The number of rotatable bonds is 3. The number of nitrogen functional groups attached to an aromatic ring is 1. The fraction of sp³-hybridized carbons (Fsp3) is 0.250. The van der Waals surface area contributed by atoms with E-state index in [1.807, 2.05) is 6.07 Å². The predicted molar refractivity (Wildman–Crippen MR) is 73.1 cm³/mol. The molecule has 2 rings (SSSR count). The third-order valence-electron chi connectivity index (χ3n) is 2.65. The molecule has 0 radical (unpaired) electrons. The van der Waals surface area contributed by atoms with Gasteiger partial charge < -0.3 is 10.6 Å². The monoisotopic (exact) mass is 315 g/mol. The van der Waals surface area contributed by atoms with Gasteiger partial charge >= 0.3 is 0 Å². The van der Waals surface area contributed by atoms with Crippen molar-refractivity contribution < 1.29 is 8.78 Å². The van der Waals surface area contributed by atoms with Gasteiger partial charge in [0.2, 0.25) is 0 Å². The van der Waals surface area contributed by atoms with Gasteiger partial charge in [-0.05, 0) is 34.1 Å². The maximum atomic E-state index is 12.4. The summed E-state index contributed by atoms with van der Waals surface area (Å²) < 4.78 is 25.6. The van der Waals surface area contributed by atoms with Crippen LogP contribution in [0, 0.1) is 0 Å². The summed E-state index contributed by atoms with van der Waals surface area (Å²) in [4.78, 5) is 5.74. The largest absolute Gasteiger partial charge is 0.398 e. The van der Waals surface area contributed by atoms with Gasteiger partial charge in [-0.15, -0.1) is 0 Å². The average molecular weight is 316 g/mol. The molecule has 2 N–H and O–H groups in total. The van der Waals surface area contributed by atoms with Crippen LogP contribution in [-0.4, -0.2) is 25.0 Å². The minimum atomic E-state index is -2.39. The normalized spacial score (nSPS) is 11.2. The Morgan fingerprint density at radius 2 is 2.17 bits per heavy atom. The third kappa shape index (κ3) is 2.53. The van der Waals surface area contributed by atoms with Crippen molar-refractivity contribution >= 4 is 38.2 Å². The molecule has 1 heterocycles. The van der Waals surface area contributed by atoms with Gasteiger partial charge in [0.25, 0.3) is 6.43 Å². The van der Waals surface area contributed by atoms with Crippen LogP contribution < -0.4 is 10.6 Å². The third-order valence-corrected chi connectivity index (χ3v) is 3.09. The van der Waals surface area contributed by atoms with Gasteiger partial charge in [0.15, 0.2) is 0 Å². The van der Waals surface area contributed by atoms with E-state index in [1.54, 1.807) is 25.4 Å². The summed E-state index contributed by atoms with van der Waals surface area (Å²) in [5.74, 6) is 0. The smallest absolute Gasteiger partial charge is 0.255 e. The van der Waals surface area contributed by atoms with Crippen molar-refractivity contribution in [2.45, 2.75) is 6.43 Å². The summed E-state index contributed by atoms with van der Waals surface area (Å²) in [5, 5.41) is 0.753. The molecule has 0 bridgehead atoms. The molecule has 0 unspecified atom stereocenters. The number of aromatic nitrogens is 1.